The number of thiophene rings is 1. The van der Waals surface area contributed by atoms with Gasteiger partial charge in [0, 0.05) is 41.5 Å². The standard InChI is InChI=1S/C21H22N4O4S2/c1-28-16-4-3-14(9-17(16)29-2)22-19(26)11-25-7-5-15-18(10-25)31-21(23-15)24-20(27)13-6-8-30-12-13/h3-4,6,8-9,12H,5,7,10-11H2,1-2H3,(H,22,26)(H,23,24,27). The summed E-state index contributed by atoms with van der Waals surface area (Å²) < 4.78 is 10.5. The van der Waals surface area contributed by atoms with E-state index in [0.717, 1.165) is 23.5 Å². The monoisotopic (exact) mass is 458 g/mol. The van der Waals surface area contributed by atoms with Gasteiger partial charge in [-0.25, -0.2) is 4.98 Å². The number of thiazole rings is 1. The molecule has 0 aliphatic carbocycles. The zero-order valence-corrected chi connectivity index (χ0v) is 18.8. The highest BCUT2D eigenvalue weighted by atomic mass is 32.1. The summed E-state index contributed by atoms with van der Waals surface area (Å²) in [5.74, 6) is 0.908. The summed E-state index contributed by atoms with van der Waals surface area (Å²) in [6.45, 7) is 1.62. The van der Waals surface area contributed by atoms with Gasteiger partial charge >= 0.3 is 0 Å². The van der Waals surface area contributed by atoms with Crippen molar-refractivity contribution in [3.8, 4) is 11.5 Å². The van der Waals surface area contributed by atoms with Crippen LogP contribution in [0.15, 0.2) is 35.0 Å². The molecule has 0 saturated carbocycles. The van der Waals surface area contributed by atoms with Crippen LogP contribution in [0, 0.1) is 0 Å². The second kappa shape index (κ2) is 9.46. The molecule has 162 valence electrons. The Balaban J connectivity index is 1.34. The molecular weight excluding hydrogens is 436 g/mol. The van der Waals surface area contributed by atoms with Crippen molar-refractivity contribution in [1.29, 1.82) is 0 Å². The van der Waals surface area contributed by atoms with E-state index in [2.05, 4.69) is 20.5 Å². The van der Waals surface area contributed by atoms with Gasteiger partial charge in [-0.2, -0.15) is 11.3 Å². The van der Waals surface area contributed by atoms with E-state index in [-0.39, 0.29) is 18.4 Å². The molecule has 8 nitrogen and oxygen atoms in total. The fourth-order valence-electron chi connectivity index (χ4n) is 3.32. The van der Waals surface area contributed by atoms with E-state index in [1.54, 1.807) is 38.5 Å². The number of hydrogen-bond donors (Lipinski definition) is 2. The molecular formula is C21H22N4O4S2. The van der Waals surface area contributed by atoms with E-state index in [4.69, 9.17) is 9.47 Å². The maximum absolute atomic E-state index is 12.5. The summed E-state index contributed by atoms with van der Waals surface area (Å²) in [5.41, 5.74) is 2.27. The first kappa shape index (κ1) is 21.3. The second-order valence-electron chi connectivity index (χ2n) is 6.93. The van der Waals surface area contributed by atoms with Gasteiger partial charge in [-0.1, -0.05) is 0 Å². The number of hydrogen-bond acceptors (Lipinski definition) is 8. The summed E-state index contributed by atoms with van der Waals surface area (Å²) in [7, 11) is 3.13. The molecule has 0 atom stereocenters. The number of carbonyl (C=O) groups is 2. The molecule has 2 amide bonds. The lowest BCUT2D eigenvalue weighted by molar-refractivity contribution is -0.117. The van der Waals surface area contributed by atoms with Gasteiger partial charge in [-0.05, 0) is 23.6 Å². The first-order chi connectivity index (χ1) is 15.1. The number of rotatable bonds is 7. The third-order valence-electron chi connectivity index (χ3n) is 4.85. The Morgan fingerprint density at radius 1 is 1.16 bits per heavy atom. The van der Waals surface area contributed by atoms with Crippen molar-refractivity contribution in [3.05, 3.63) is 51.2 Å². The van der Waals surface area contributed by atoms with E-state index in [0.29, 0.717) is 34.4 Å². The quantitative estimate of drug-likeness (QED) is 0.563. The maximum atomic E-state index is 12.5. The highest BCUT2D eigenvalue weighted by Crippen LogP contribution is 2.30. The molecule has 3 aromatic rings. The molecule has 1 aliphatic rings. The van der Waals surface area contributed by atoms with Gasteiger partial charge in [-0.15, -0.1) is 11.3 Å². The van der Waals surface area contributed by atoms with Crippen LogP contribution in [0.5, 0.6) is 11.5 Å². The normalized spacial score (nSPS) is 13.4. The number of fused-ring (bicyclic) bond motifs is 1. The van der Waals surface area contributed by atoms with E-state index in [1.807, 2.05) is 10.8 Å². The zero-order chi connectivity index (χ0) is 21.8. The second-order valence-corrected chi connectivity index (χ2v) is 8.80. The Morgan fingerprint density at radius 3 is 2.74 bits per heavy atom. The van der Waals surface area contributed by atoms with E-state index < -0.39 is 0 Å². The van der Waals surface area contributed by atoms with Crippen molar-refractivity contribution in [3.63, 3.8) is 0 Å². The van der Waals surface area contributed by atoms with Gasteiger partial charge in [0.05, 0.1) is 32.0 Å². The van der Waals surface area contributed by atoms with Crippen molar-refractivity contribution in [2.75, 3.05) is 37.9 Å². The van der Waals surface area contributed by atoms with Gasteiger partial charge in [0.1, 0.15) is 0 Å². The maximum Gasteiger partial charge on any atom is 0.258 e. The first-order valence-electron chi connectivity index (χ1n) is 9.62. The van der Waals surface area contributed by atoms with Gasteiger partial charge in [0.15, 0.2) is 16.6 Å². The summed E-state index contributed by atoms with van der Waals surface area (Å²) >= 11 is 2.94. The fourth-order valence-corrected chi connectivity index (χ4v) is 5.00. The molecule has 0 spiro atoms. The lowest BCUT2D eigenvalue weighted by atomic mass is 10.2. The lowest BCUT2D eigenvalue weighted by Crippen LogP contribution is -2.36. The zero-order valence-electron chi connectivity index (χ0n) is 17.1. The molecule has 1 aromatic carbocycles. The molecule has 0 bridgehead atoms. The number of amides is 2. The molecule has 0 saturated heterocycles. The Labute approximate surface area is 187 Å². The van der Waals surface area contributed by atoms with Crippen LogP contribution in [0.4, 0.5) is 10.8 Å². The van der Waals surface area contributed by atoms with Crippen LogP contribution in [0.2, 0.25) is 0 Å². The topological polar surface area (TPSA) is 92.8 Å². The van der Waals surface area contributed by atoms with Crippen LogP contribution in [0.25, 0.3) is 0 Å². The molecule has 0 radical (unpaired) electrons. The number of carbonyl (C=O) groups excluding carboxylic acids is 2. The Morgan fingerprint density at radius 2 is 2.00 bits per heavy atom. The predicted molar refractivity (Wildman–Crippen MR) is 122 cm³/mol. The molecule has 2 N–H and O–H groups in total. The summed E-state index contributed by atoms with van der Waals surface area (Å²) in [4.78, 5) is 32.5. The van der Waals surface area contributed by atoms with E-state index in [1.165, 1.54) is 22.7 Å². The first-order valence-corrected chi connectivity index (χ1v) is 11.4. The molecule has 0 unspecified atom stereocenters. The van der Waals surface area contributed by atoms with Crippen molar-refractivity contribution in [1.82, 2.24) is 9.88 Å². The van der Waals surface area contributed by atoms with Crippen LogP contribution >= 0.6 is 22.7 Å². The van der Waals surface area contributed by atoms with Crippen molar-refractivity contribution in [2.24, 2.45) is 0 Å². The molecule has 31 heavy (non-hydrogen) atoms. The molecule has 4 rings (SSSR count). The van der Waals surface area contributed by atoms with Crippen LogP contribution in [0.1, 0.15) is 20.9 Å². The summed E-state index contributed by atoms with van der Waals surface area (Å²) in [6.07, 6.45) is 0.740. The van der Waals surface area contributed by atoms with Crippen LogP contribution < -0.4 is 20.1 Å². The van der Waals surface area contributed by atoms with Gasteiger partial charge in [0.25, 0.3) is 5.91 Å². The number of aromatic nitrogens is 1. The Kier molecular flexibility index (Phi) is 6.50. The molecule has 2 aromatic heterocycles. The lowest BCUT2D eigenvalue weighted by Gasteiger charge is -2.25. The highest BCUT2D eigenvalue weighted by molar-refractivity contribution is 7.16. The minimum absolute atomic E-state index is 0.105. The number of benzene rings is 1. The van der Waals surface area contributed by atoms with Crippen molar-refractivity contribution in [2.45, 2.75) is 13.0 Å². The Hall–Kier alpha value is -2.95. The number of ether oxygens (including phenoxy) is 2. The predicted octanol–water partition coefficient (Wildman–Crippen LogP) is 3.47. The molecule has 1 aliphatic heterocycles. The van der Waals surface area contributed by atoms with Gasteiger partial charge in [-0.3, -0.25) is 19.8 Å². The number of methoxy groups -OCH3 is 2. The highest BCUT2D eigenvalue weighted by Gasteiger charge is 2.23. The fraction of sp³-hybridized carbons (Fsp3) is 0.286. The van der Waals surface area contributed by atoms with Crippen molar-refractivity contribution < 1.29 is 19.1 Å². The minimum Gasteiger partial charge on any atom is -0.493 e. The third-order valence-corrected chi connectivity index (χ3v) is 6.53. The van der Waals surface area contributed by atoms with Crippen LogP contribution in [-0.2, 0) is 17.8 Å². The van der Waals surface area contributed by atoms with Crippen molar-refractivity contribution >= 4 is 45.3 Å². The van der Waals surface area contributed by atoms with Gasteiger partial charge in [0.2, 0.25) is 5.91 Å². The third kappa shape index (κ3) is 5.04. The van der Waals surface area contributed by atoms with Crippen LogP contribution in [0.3, 0.4) is 0 Å². The summed E-state index contributed by atoms with van der Waals surface area (Å²) in [6, 6.07) is 7.05. The molecule has 10 heteroatoms. The molecule has 0 fully saturated rings. The molecule has 3 heterocycles. The minimum atomic E-state index is -0.154. The SMILES string of the molecule is COc1ccc(NC(=O)CN2CCc3nc(NC(=O)c4ccsc4)sc3C2)cc1OC. The summed E-state index contributed by atoms with van der Waals surface area (Å²) in [5, 5.41) is 10.0. The number of nitrogens with zero attached hydrogens (tertiary/aromatic N) is 2. The number of nitrogens with one attached hydrogen (secondary N) is 2. The van der Waals surface area contributed by atoms with Crippen LogP contribution in [-0.4, -0.2) is 49.0 Å². The average Bonchev–Trinajstić information content (AvgIpc) is 3.43. The average molecular weight is 459 g/mol. The van der Waals surface area contributed by atoms with E-state index in [9.17, 15) is 9.59 Å². The largest absolute Gasteiger partial charge is 0.493 e. The smallest absolute Gasteiger partial charge is 0.258 e. The van der Waals surface area contributed by atoms with E-state index >= 15 is 0 Å². The van der Waals surface area contributed by atoms with Gasteiger partial charge < -0.3 is 14.8 Å². The Bertz CT molecular complexity index is 1080. The number of anilines is 2.